The summed E-state index contributed by atoms with van der Waals surface area (Å²) in [5.41, 5.74) is 1.48. The quantitative estimate of drug-likeness (QED) is 0.855. The second-order valence-corrected chi connectivity index (χ2v) is 5.54. The molecule has 0 heterocycles. The first-order valence-electron chi connectivity index (χ1n) is 7.16. The third-order valence-corrected chi connectivity index (χ3v) is 3.81. The summed E-state index contributed by atoms with van der Waals surface area (Å²) in [4.78, 5) is 11.9. The van der Waals surface area contributed by atoms with E-state index in [-0.39, 0.29) is 5.91 Å². The van der Waals surface area contributed by atoms with Crippen LogP contribution in [-0.2, 0) is 4.79 Å². The number of carbonyl (C=O) groups is 1. The van der Waals surface area contributed by atoms with E-state index in [0.717, 1.165) is 24.3 Å². The average molecular weight is 268 g/mol. The van der Waals surface area contributed by atoms with E-state index in [9.17, 15) is 4.79 Å². The van der Waals surface area contributed by atoms with Crippen molar-refractivity contribution < 1.29 is 4.79 Å². The predicted molar refractivity (Wildman–Crippen MR) is 79.8 cm³/mol. The van der Waals surface area contributed by atoms with Gasteiger partial charge in [0.1, 0.15) is 0 Å². The minimum atomic E-state index is -0.0492. The zero-order chi connectivity index (χ0) is 14.4. The number of nitriles is 1. The van der Waals surface area contributed by atoms with Gasteiger partial charge in [-0.25, -0.2) is 0 Å². The summed E-state index contributed by atoms with van der Waals surface area (Å²) in [6.45, 7) is 2.26. The van der Waals surface area contributed by atoms with Crippen LogP contribution in [0.2, 0.25) is 0 Å². The molecule has 1 amide bonds. The highest BCUT2D eigenvalue weighted by Gasteiger charge is 2.18. The maximum absolute atomic E-state index is 11.9. The molecule has 20 heavy (non-hydrogen) atoms. The van der Waals surface area contributed by atoms with E-state index in [1.165, 1.54) is 12.8 Å². The second-order valence-electron chi connectivity index (χ2n) is 5.54. The Balaban J connectivity index is 1.87. The van der Waals surface area contributed by atoms with Gasteiger partial charge in [0.15, 0.2) is 0 Å². The SMILES string of the molecule is CC1CCC(NC(=O)/C=C/c2cccc(C#N)c2)CC1. The Morgan fingerprint density at radius 1 is 1.35 bits per heavy atom. The van der Waals surface area contributed by atoms with Crippen molar-refractivity contribution in [3.8, 4) is 6.07 Å². The summed E-state index contributed by atoms with van der Waals surface area (Å²) >= 11 is 0. The van der Waals surface area contributed by atoms with Gasteiger partial charge in [0.05, 0.1) is 11.6 Å². The van der Waals surface area contributed by atoms with Crippen molar-refractivity contribution in [1.29, 1.82) is 5.26 Å². The Bertz CT molecular complexity index is 534. The number of nitrogens with zero attached hydrogens (tertiary/aromatic N) is 1. The van der Waals surface area contributed by atoms with Crippen LogP contribution in [0.15, 0.2) is 30.3 Å². The van der Waals surface area contributed by atoms with Crippen LogP contribution in [0, 0.1) is 17.2 Å². The van der Waals surface area contributed by atoms with E-state index in [0.29, 0.717) is 11.6 Å². The Morgan fingerprint density at radius 2 is 2.10 bits per heavy atom. The highest BCUT2D eigenvalue weighted by molar-refractivity contribution is 5.91. The van der Waals surface area contributed by atoms with Gasteiger partial charge in [0.25, 0.3) is 0 Å². The number of carbonyl (C=O) groups excluding carboxylic acids is 1. The molecule has 1 N–H and O–H groups in total. The van der Waals surface area contributed by atoms with Crippen molar-refractivity contribution in [3.63, 3.8) is 0 Å². The molecule has 1 aromatic rings. The van der Waals surface area contributed by atoms with Crippen LogP contribution in [-0.4, -0.2) is 11.9 Å². The Morgan fingerprint density at radius 3 is 2.80 bits per heavy atom. The van der Waals surface area contributed by atoms with Crippen LogP contribution in [0.4, 0.5) is 0 Å². The predicted octanol–water partition coefficient (Wildman–Crippen LogP) is 3.27. The lowest BCUT2D eigenvalue weighted by atomic mass is 9.87. The Labute approximate surface area is 120 Å². The molecule has 0 saturated heterocycles. The number of nitrogens with one attached hydrogen (secondary N) is 1. The molecule has 0 aliphatic heterocycles. The third kappa shape index (κ3) is 4.24. The number of amides is 1. The summed E-state index contributed by atoms with van der Waals surface area (Å²) < 4.78 is 0. The summed E-state index contributed by atoms with van der Waals surface area (Å²) in [5, 5.41) is 11.9. The van der Waals surface area contributed by atoms with Gasteiger partial charge in [-0.2, -0.15) is 5.26 Å². The van der Waals surface area contributed by atoms with E-state index >= 15 is 0 Å². The van der Waals surface area contributed by atoms with Crippen molar-refractivity contribution in [2.24, 2.45) is 5.92 Å². The van der Waals surface area contributed by atoms with Crippen LogP contribution in [0.1, 0.15) is 43.7 Å². The summed E-state index contributed by atoms with van der Waals surface area (Å²) in [6.07, 6.45) is 7.84. The normalized spacial score (nSPS) is 22.4. The first-order valence-corrected chi connectivity index (χ1v) is 7.16. The van der Waals surface area contributed by atoms with Gasteiger partial charge in [-0.1, -0.05) is 19.1 Å². The van der Waals surface area contributed by atoms with Crippen LogP contribution >= 0.6 is 0 Å². The Kier molecular flexibility index (Phi) is 4.95. The largest absolute Gasteiger partial charge is 0.350 e. The number of rotatable bonds is 3. The second kappa shape index (κ2) is 6.91. The minimum absolute atomic E-state index is 0.0492. The minimum Gasteiger partial charge on any atom is -0.350 e. The maximum Gasteiger partial charge on any atom is 0.244 e. The van der Waals surface area contributed by atoms with Crippen LogP contribution in [0.25, 0.3) is 6.08 Å². The highest BCUT2D eigenvalue weighted by atomic mass is 16.1. The van der Waals surface area contributed by atoms with Crippen LogP contribution in [0.3, 0.4) is 0 Å². The maximum atomic E-state index is 11.9. The van der Waals surface area contributed by atoms with Gasteiger partial charge in [-0.05, 0) is 55.4 Å². The van der Waals surface area contributed by atoms with E-state index < -0.39 is 0 Å². The monoisotopic (exact) mass is 268 g/mol. The molecule has 1 aromatic carbocycles. The summed E-state index contributed by atoms with van der Waals surface area (Å²) in [6, 6.07) is 9.62. The molecule has 1 aliphatic carbocycles. The average Bonchev–Trinajstić information content (AvgIpc) is 2.48. The molecule has 0 radical (unpaired) electrons. The molecule has 3 heteroatoms. The number of hydrogen-bond acceptors (Lipinski definition) is 2. The molecule has 0 spiro atoms. The van der Waals surface area contributed by atoms with Crippen molar-refractivity contribution in [1.82, 2.24) is 5.32 Å². The molecule has 1 saturated carbocycles. The smallest absolute Gasteiger partial charge is 0.244 e. The molecular formula is C17H20N2O. The Hall–Kier alpha value is -2.08. The molecule has 1 fully saturated rings. The van der Waals surface area contributed by atoms with Crippen molar-refractivity contribution in [3.05, 3.63) is 41.5 Å². The lowest BCUT2D eigenvalue weighted by Crippen LogP contribution is -2.36. The van der Waals surface area contributed by atoms with Crippen molar-refractivity contribution in [2.45, 2.75) is 38.6 Å². The standard InChI is InChI=1S/C17H20N2O/c1-13-5-8-16(9-6-13)19-17(20)10-7-14-3-2-4-15(11-14)12-18/h2-4,7,10-11,13,16H,5-6,8-9H2,1H3,(H,19,20)/b10-7+. The van der Waals surface area contributed by atoms with Gasteiger partial charge in [0, 0.05) is 12.1 Å². The van der Waals surface area contributed by atoms with E-state index in [4.69, 9.17) is 5.26 Å². The molecule has 3 nitrogen and oxygen atoms in total. The molecule has 0 aromatic heterocycles. The number of benzene rings is 1. The van der Waals surface area contributed by atoms with E-state index in [1.54, 1.807) is 24.3 Å². The molecular weight excluding hydrogens is 248 g/mol. The topological polar surface area (TPSA) is 52.9 Å². The lowest BCUT2D eigenvalue weighted by molar-refractivity contribution is -0.117. The lowest BCUT2D eigenvalue weighted by Gasteiger charge is -2.26. The highest BCUT2D eigenvalue weighted by Crippen LogP contribution is 2.23. The first kappa shape index (κ1) is 14.3. The zero-order valence-corrected chi connectivity index (χ0v) is 11.8. The van der Waals surface area contributed by atoms with E-state index in [1.807, 2.05) is 12.1 Å². The van der Waals surface area contributed by atoms with Crippen molar-refractivity contribution in [2.75, 3.05) is 0 Å². The van der Waals surface area contributed by atoms with E-state index in [2.05, 4.69) is 18.3 Å². The van der Waals surface area contributed by atoms with Gasteiger partial charge >= 0.3 is 0 Å². The van der Waals surface area contributed by atoms with Crippen molar-refractivity contribution >= 4 is 12.0 Å². The first-order chi connectivity index (χ1) is 9.67. The zero-order valence-electron chi connectivity index (χ0n) is 11.8. The molecule has 104 valence electrons. The third-order valence-electron chi connectivity index (χ3n) is 3.81. The molecule has 1 aliphatic rings. The fourth-order valence-electron chi connectivity index (χ4n) is 2.54. The fourth-order valence-corrected chi connectivity index (χ4v) is 2.54. The molecule has 2 rings (SSSR count). The van der Waals surface area contributed by atoms with Gasteiger partial charge in [0.2, 0.25) is 5.91 Å². The molecule has 0 unspecified atom stereocenters. The van der Waals surface area contributed by atoms with Gasteiger partial charge < -0.3 is 5.32 Å². The van der Waals surface area contributed by atoms with Crippen LogP contribution < -0.4 is 5.32 Å². The fraction of sp³-hybridized carbons (Fsp3) is 0.412. The molecule has 0 bridgehead atoms. The summed E-state index contributed by atoms with van der Waals surface area (Å²) in [5.74, 6) is 0.735. The van der Waals surface area contributed by atoms with Gasteiger partial charge in [-0.3, -0.25) is 4.79 Å². The summed E-state index contributed by atoms with van der Waals surface area (Å²) in [7, 11) is 0. The van der Waals surface area contributed by atoms with Crippen LogP contribution in [0.5, 0.6) is 0 Å². The van der Waals surface area contributed by atoms with Gasteiger partial charge in [-0.15, -0.1) is 0 Å². The number of hydrogen-bond donors (Lipinski definition) is 1. The molecule has 0 atom stereocenters.